The summed E-state index contributed by atoms with van der Waals surface area (Å²) in [5.74, 6) is -0.609. The fourth-order valence-electron chi connectivity index (χ4n) is 2.49. The zero-order valence-corrected chi connectivity index (χ0v) is 14.0. The van der Waals surface area contributed by atoms with Gasteiger partial charge >= 0.3 is 5.97 Å². The van der Waals surface area contributed by atoms with Gasteiger partial charge in [0.25, 0.3) is 0 Å². The first-order valence-electron chi connectivity index (χ1n) is 7.69. The van der Waals surface area contributed by atoms with Crippen molar-refractivity contribution in [3.05, 3.63) is 60.4 Å². The lowest BCUT2D eigenvalue weighted by Crippen LogP contribution is -2.41. The van der Waals surface area contributed by atoms with Crippen LogP contribution in [-0.4, -0.2) is 35.5 Å². The number of sulfonamides is 1. The van der Waals surface area contributed by atoms with Gasteiger partial charge in [-0.05, 0) is 30.7 Å². The largest absolute Gasteiger partial charge is 0.480 e. The molecule has 130 valence electrons. The number of carbonyl (C=O) groups is 1. The Morgan fingerprint density at radius 2 is 1.80 bits per heavy atom. The second kappa shape index (κ2) is 7.04. The number of H-pyrrole nitrogens is 1. The molecule has 7 nitrogen and oxygen atoms in total. The summed E-state index contributed by atoms with van der Waals surface area (Å²) in [4.78, 5) is 19.0. The number of imidazole rings is 1. The molecule has 25 heavy (non-hydrogen) atoms. The standard InChI is InChI=1S/C17H17N3O4S/c21-17(22)15(20-25(23,24)12-6-2-1-3-7-12)10-11-16-18-13-8-4-5-9-14(13)19-16/h1-9,15,20H,10-11H2,(H,18,19)(H,21,22)/t15-/m1/s1. The average molecular weight is 359 g/mol. The van der Waals surface area contributed by atoms with Gasteiger partial charge in [-0.25, -0.2) is 13.4 Å². The molecule has 0 bridgehead atoms. The Kier molecular flexibility index (Phi) is 4.82. The maximum atomic E-state index is 12.3. The van der Waals surface area contributed by atoms with Gasteiger partial charge in [0.15, 0.2) is 0 Å². The van der Waals surface area contributed by atoms with E-state index in [-0.39, 0.29) is 11.3 Å². The Labute approximate surface area is 144 Å². The predicted molar refractivity (Wildman–Crippen MR) is 92.6 cm³/mol. The summed E-state index contributed by atoms with van der Waals surface area (Å²) >= 11 is 0. The molecule has 0 unspecified atom stereocenters. The van der Waals surface area contributed by atoms with E-state index in [4.69, 9.17) is 0 Å². The number of benzene rings is 2. The van der Waals surface area contributed by atoms with Crippen LogP contribution in [0.1, 0.15) is 12.2 Å². The topological polar surface area (TPSA) is 112 Å². The minimum Gasteiger partial charge on any atom is -0.480 e. The molecule has 3 N–H and O–H groups in total. The van der Waals surface area contributed by atoms with Crippen LogP contribution in [0, 0.1) is 0 Å². The van der Waals surface area contributed by atoms with Crippen molar-refractivity contribution >= 4 is 27.0 Å². The molecule has 3 rings (SSSR count). The van der Waals surface area contributed by atoms with E-state index in [1.54, 1.807) is 18.2 Å². The number of carboxylic acids is 1. The fourth-order valence-corrected chi connectivity index (χ4v) is 3.74. The van der Waals surface area contributed by atoms with Gasteiger partial charge < -0.3 is 10.1 Å². The van der Waals surface area contributed by atoms with E-state index in [0.29, 0.717) is 12.2 Å². The third-order valence-electron chi connectivity index (χ3n) is 3.76. The number of aromatic amines is 1. The van der Waals surface area contributed by atoms with Crippen molar-refractivity contribution in [3.8, 4) is 0 Å². The molecule has 2 aromatic carbocycles. The fraction of sp³-hybridized carbons (Fsp3) is 0.176. The minimum atomic E-state index is -3.89. The van der Waals surface area contributed by atoms with Gasteiger partial charge in [-0.2, -0.15) is 4.72 Å². The van der Waals surface area contributed by atoms with Gasteiger partial charge in [-0.1, -0.05) is 30.3 Å². The van der Waals surface area contributed by atoms with E-state index >= 15 is 0 Å². The highest BCUT2D eigenvalue weighted by molar-refractivity contribution is 7.89. The highest BCUT2D eigenvalue weighted by Crippen LogP contribution is 2.13. The zero-order chi connectivity index (χ0) is 17.9. The third-order valence-corrected chi connectivity index (χ3v) is 5.24. The van der Waals surface area contributed by atoms with Crippen molar-refractivity contribution in [2.24, 2.45) is 0 Å². The number of aryl methyl sites for hydroxylation is 1. The molecule has 0 amide bonds. The van der Waals surface area contributed by atoms with Crippen LogP contribution < -0.4 is 4.72 Å². The number of aromatic nitrogens is 2. The Hall–Kier alpha value is -2.71. The van der Waals surface area contributed by atoms with Gasteiger partial charge in [-0.15, -0.1) is 0 Å². The summed E-state index contributed by atoms with van der Waals surface area (Å²) in [5, 5.41) is 9.34. The maximum Gasteiger partial charge on any atom is 0.321 e. The number of rotatable bonds is 7. The monoisotopic (exact) mass is 359 g/mol. The first-order valence-corrected chi connectivity index (χ1v) is 9.18. The van der Waals surface area contributed by atoms with Gasteiger partial charge in [0, 0.05) is 6.42 Å². The van der Waals surface area contributed by atoms with E-state index in [1.165, 1.54) is 12.1 Å². The highest BCUT2D eigenvalue weighted by Gasteiger charge is 2.25. The van der Waals surface area contributed by atoms with Crippen LogP contribution >= 0.6 is 0 Å². The molecule has 0 spiro atoms. The third kappa shape index (κ3) is 4.04. The molecule has 0 saturated carbocycles. The second-order valence-electron chi connectivity index (χ2n) is 5.56. The summed E-state index contributed by atoms with van der Waals surface area (Å²) < 4.78 is 26.8. The van der Waals surface area contributed by atoms with Crippen LogP contribution in [-0.2, 0) is 21.2 Å². The Balaban J connectivity index is 1.72. The lowest BCUT2D eigenvalue weighted by Gasteiger charge is -2.14. The SMILES string of the molecule is O=C(O)[C@@H](CCc1nc2ccccc2[nH]1)NS(=O)(=O)c1ccccc1. The Morgan fingerprint density at radius 3 is 2.48 bits per heavy atom. The summed E-state index contributed by atoms with van der Waals surface area (Å²) in [6, 6.07) is 13.9. The molecule has 8 heteroatoms. The van der Waals surface area contributed by atoms with Crippen LogP contribution in [0.2, 0.25) is 0 Å². The molecule has 1 aromatic heterocycles. The normalized spacial score (nSPS) is 13.0. The number of carboxylic acid groups (broad SMARTS) is 1. The number of nitrogens with one attached hydrogen (secondary N) is 2. The first-order chi connectivity index (χ1) is 12.0. The van der Waals surface area contributed by atoms with E-state index in [1.807, 2.05) is 24.3 Å². The summed E-state index contributed by atoms with van der Waals surface area (Å²) in [6.45, 7) is 0. The van der Waals surface area contributed by atoms with Crippen molar-refractivity contribution in [2.45, 2.75) is 23.8 Å². The molecule has 3 aromatic rings. The number of aliphatic carboxylic acids is 1. The molecule has 1 atom stereocenters. The smallest absolute Gasteiger partial charge is 0.321 e. The number of fused-ring (bicyclic) bond motifs is 1. The van der Waals surface area contributed by atoms with Crippen LogP contribution in [0.5, 0.6) is 0 Å². The van der Waals surface area contributed by atoms with E-state index in [2.05, 4.69) is 14.7 Å². The summed E-state index contributed by atoms with van der Waals surface area (Å²) in [7, 11) is -3.89. The average Bonchev–Trinajstić information content (AvgIpc) is 3.02. The van der Waals surface area contributed by atoms with Crippen LogP contribution in [0.25, 0.3) is 11.0 Å². The first kappa shape index (κ1) is 17.1. The lowest BCUT2D eigenvalue weighted by atomic mass is 10.1. The van der Waals surface area contributed by atoms with E-state index in [9.17, 15) is 18.3 Å². The summed E-state index contributed by atoms with van der Waals surface area (Å²) in [6.07, 6.45) is 0.393. The maximum absolute atomic E-state index is 12.3. The van der Waals surface area contributed by atoms with Crippen molar-refractivity contribution in [3.63, 3.8) is 0 Å². The Bertz CT molecular complexity index is 950. The van der Waals surface area contributed by atoms with Gasteiger partial charge in [0.1, 0.15) is 11.9 Å². The molecule has 0 aliphatic heterocycles. The van der Waals surface area contributed by atoms with Crippen LogP contribution in [0.15, 0.2) is 59.5 Å². The highest BCUT2D eigenvalue weighted by atomic mass is 32.2. The predicted octanol–water partition coefficient (Wildman–Crippen LogP) is 1.93. The van der Waals surface area contributed by atoms with Gasteiger partial charge in [0.05, 0.1) is 15.9 Å². The summed E-state index contributed by atoms with van der Waals surface area (Å²) in [5.41, 5.74) is 1.64. The number of nitrogens with zero attached hydrogens (tertiary/aromatic N) is 1. The van der Waals surface area contributed by atoms with Crippen molar-refractivity contribution in [1.82, 2.24) is 14.7 Å². The van der Waals surface area contributed by atoms with Crippen molar-refractivity contribution in [1.29, 1.82) is 0 Å². The lowest BCUT2D eigenvalue weighted by molar-refractivity contribution is -0.139. The quantitative estimate of drug-likeness (QED) is 0.597. The van der Waals surface area contributed by atoms with Gasteiger partial charge in [-0.3, -0.25) is 4.79 Å². The minimum absolute atomic E-state index is 0.0324. The molecule has 1 heterocycles. The molecule has 0 radical (unpaired) electrons. The molecular formula is C17H17N3O4S. The van der Waals surface area contributed by atoms with E-state index < -0.39 is 22.0 Å². The molecule has 0 aliphatic carbocycles. The number of para-hydroxylation sites is 2. The molecular weight excluding hydrogens is 342 g/mol. The Morgan fingerprint density at radius 1 is 1.12 bits per heavy atom. The molecule has 0 fully saturated rings. The molecule has 0 saturated heterocycles. The molecule has 0 aliphatic rings. The second-order valence-corrected chi connectivity index (χ2v) is 7.28. The zero-order valence-electron chi connectivity index (χ0n) is 13.2. The van der Waals surface area contributed by atoms with E-state index in [0.717, 1.165) is 11.0 Å². The number of hydrogen-bond donors (Lipinski definition) is 3. The van der Waals surface area contributed by atoms with Gasteiger partial charge in [0.2, 0.25) is 10.0 Å². The van der Waals surface area contributed by atoms with Crippen LogP contribution in [0.4, 0.5) is 0 Å². The van der Waals surface area contributed by atoms with Crippen molar-refractivity contribution in [2.75, 3.05) is 0 Å². The van der Waals surface area contributed by atoms with Crippen molar-refractivity contribution < 1.29 is 18.3 Å². The number of hydrogen-bond acceptors (Lipinski definition) is 4. The van der Waals surface area contributed by atoms with Crippen LogP contribution in [0.3, 0.4) is 0 Å².